The Morgan fingerprint density at radius 1 is 0.429 bits per heavy atom. The van der Waals surface area contributed by atoms with Gasteiger partial charge in [0.1, 0.15) is 0 Å². The number of benzene rings is 3. The van der Waals surface area contributed by atoms with Gasteiger partial charge in [0.2, 0.25) is 0 Å². The molecule has 3 rings (SSSR count). The summed E-state index contributed by atoms with van der Waals surface area (Å²) in [6.45, 7) is 4.94. The van der Waals surface area contributed by atoms with Gasteiger partial charge in [0, 0.05) is 0 Å². The fourth-order valence-corrected chi connectivity index (χ4v) is 2.17. The number of hydrogen-bond donors (Lipinski definition) is 0. The first-order valence-electron chi connectivity index (χ1n) is 9.04. The summed E-state index contributed by atoms with van der Waals surface area (Å²) in [6.07, 6.45) is -1.77. The second-order valence-corrected chi connectivity index (χ2v) is 6.16. The Morgan fingerprint density at radius 3 is 0.714 bits per heavy atom. The molecule has 0 N–H and O–H groups in total. The first-order valence-corrected chi connectivity index (χ1v) is 9.04. The molecule has 3 unspecified atom stereocenters. The standard InChI is InChI=1S/3C8H9O.Y/c3*1-7(9)8-5-3-2-4-6-8;/h3*2-7H,1H3;/q3*-1;+3. The zero-order chi connectivity index (χ0) is 20.1. The molecule has 3 aromatic carbocycles. The Hall–Kier alpha value is -1.36. The molecule has 0 heterocycles. The molecule has 0 amide bonds. The first-order chi connectivity index (χ1) is 12.9. The molecule has 144 valence electrons. The van der Waals surface area contributed by atoms with Gasteiger partial charge in [0.05, 0.1) is 0 Å². The summed E-state index contributed by atoms with van der Waals surface area (Å²) >= 11 is 0. The van der Waals surface area contributed by atoms with Crippen LogP contribution in [-0.4, -0.2) is 0 Å². The van der Waals surface area contributed by atoms with E-state index >= 15 is 0 Å². The summed E-state index contributed by atoms with van der Waals surface area (Å²) in [5.74, 6) is 0. The average molecular weight is 452 g/mol. The van der Waals surface area contributed by atoms with Gasteiger partial charge in [0.15, 0.2) is 0 Å². The third kappa shape index (κ3) is 11.5. The third-order valence-electron chi connectivity index (χ3n) is 3.81. The summed E-state index contributed by atoms with van der Waals surface area (Å²) in [6, 6.07) is 28.1. The summed E-state index contributed by atoms with van der Waals surface area (Å²) < 4.78 is 0. The van der Waals surface area contributed by atoms with Gasteiger partial charge in [-0.2, -0.15) is 0 Å². The van der Waals surface area contributed by atoms with Crippen LogP contribution in [0, 0.1) is 0 Å². The molecule has 3 aromatic rings. The minimum Gasteiger partial charge on any atom is -0.849 e. The summed E-state index contributed by atoms with van der Waals surface area (Å²) in [7, 11) is 0. The molecule has 0 aliphatic rings. The Morgan fingerprint density at radius 2 is 0.607 bits per heavy atom. The van der Waals surface area contributed by atoms with E-state index in [0.717, 1.165) is 16.7 Å². The molecule has 3 atom stereocenters. The minimum absolute atomic E-state index is 0. The fourth-order valence-electron chi connectivity index (χ4n) is 2.17. The van der Waals surface area contributed by atoms with E-state index in [0.29, 0.717) is 0 Å². The van der Waals surface area contributed by atoms with Crippen molar-refractivity contribution in [1.82, 2.24) is 0 Å². The smallest absolute Gasteiger partial charge is 0.849 e. The Bertz CT molecular complexity index is 611. The maximum absolute atomic E-state index is 10.7. The molecule has 0 aliphatic carbocycles. The van der Waals surface area contributed by atoms with E-state index in [9.17, 15) is 15.3 Å². The molecule has 28 heavy (non-hydrogen) atoms. The van der Waals surface area contributed by atoms with E-state index in [-0.39, 0.29) is 32.7 Å². The van der Waals surface area contributed by atoms with E-state index in [1.807, 2.05) is 91.0 Å². The van der Waals surface area contributed by atoms with Crippen molar-refractivity contribution in [2.75, 3.05) is 0 Å². The van der Waals surface area contributed by atoms with Crippen molar-refractivity contribution in [2.45, 2.75) is 39.1 Å². The molecule has 0 bridgehead atoms. The molecule has 0 radical (unpaired) electrons. The van der Waals surface area contributed by atoms with Crippen LogP contribution in [0.5, 0.6) is 0 Å². The quantitative estimate of drug-likeness (QED) is 0.612. The molecule has 0 spiro atoms. The van der Waals surface area contributed by atoms with Gasteiger partial charge in [-0.25, -0.2) is 0 Å². The van der Waals surface area contributed by atoms with Crippen molar-refractivity contribution >= 4 is 0 Å². The van der Waals surface area contributed by atoms with E-state index in [2.05, 4.69) is 0 Å². The zero-order valence-corrected chi connectivity index (χ0v) is 19.5. The van der Waals surface area contributed by atoms with Crippen LogP contribution < -0.4 is 15.3 Å². The van der Waals surface area contributed by atoms with Gasteiger partial charge in [-0.3, -0.25) is 0 Å². The summed E-state index contributed by atoms with van der Waals surface area (Å²) in [5.41, 5.74) is 2.58. The second kappa shape index (κ2) is 15.6. The summed E-state index contributed by atoms with van der Waals surface area (Å²) in [5, 5.41) is 32.2. The number of hydrogen-bond acceptors (Lipinski definition) is 3. The molecular formula is C24H27O3Y. The van der Waals surface area contributed by atoms with Gasteiger partial charge in [-0.15, -0.1) is 18.3 Å². The van der Waals surface area contributed by atoms with Crippen molar-refractivity contribution < 1.29 is 48.0 Å². The van der Waals surface area contributed by atoms with Crippen LogP contribution in [-0.2, 0) is 32.7 Å². The molecule has 0 fully saturated rings. The van der Waals surface area contributed by atoms with E-state index in [4.69, 9.17) is 0 Å². The van der Waals surface area contributed by atoms with Crippen molar-refractivity contribution in [3.05, 3.63) is 108 Å². The summed E-state index contributed by atoms with van der Waals surface area (Å²) in [4.78, 5) is 0. The molecule has 0 saturated carbocycles. The molecular weight excluding hydrogens is 425 g/mol. The molecule has 0 aliphatic heterocycles. The van der Waals surface area contributed by atoms with E-state index in [1.54, 1.807) is 20.8 Å². The van der Waals surface area contributed by atoms with Crippen LogP contribution in [0.25, 0.3) is 0 Å². The Kier molecular flexibility index (Phi) is 14.8. The maximum Gasteiger partial charge on any atom is 3.00 e. The van der Waals surface area contributed by atoms with Gasteiger partial charge in [-0.05, 0) is 0 Å². The fraction of sp³-hybridized carbons (Fsp3) is 0.250. The topological polar surface area (TPSA) is 69.2 Å². The van der Waals surface area contributed by atoms with Crippen molar-refractivity contribution in [3.63, 3.8) is 0 Å². The third-order valence-corrected chi connectivity index (χ3v) is 3.81. The van der Waals surface area contributed by atoms with Crippen molar-refractivity contribution in [2.24, 2.45) is 0 Å². The van der Waals surface area contributed by atoms with Gasteiger partial charge in [-0.1, -0.05) is 128 Å². The van der Waals surface area contributed by atoms with Gasteiger partial charge >= 0.3 is 32.7 Å². The molecule has 4 heteroatoms. The molecule has 0 aromatic heterocycles. The molecule has 3 nitrogen and oxygen atoms in total. The molecule has 0 saturated heterocycles. The minimum atomic E-state index is -0.591. The van der Waals surface area contributed by atoms with Crippen LogP contribution >= 0.6 is 0 Å². The largest absolute Gasteiger partial charge is 3.00 e. The average Bonchev–Trinajstić information content (AvgIpc) is 2.71. The van der Waals surface area contributed by atoms with Crippen LogP contribution in [0.15, 0.2) is 91.0 Å². The van der Waals surface area contributed by atoms with E-state index < -0.39 is 18.3 Å². The zero-order valence-electron chi connectivity index (χ0n) is 16.7. The maximum atomic E-state index is 10.7. The predicted octanol–water partition coefficient (Wildman–Crippen LogP) is 3.32. The van der Waals surface area contributed by atoms with Crippen LogP contribution in [0.4, 0.5) is 0 Å². The van der Waals surface area contributed by atoms with Crippen molar-refractivity contribution in [3.8, 4) is 0 Å². The predicted molar refractivity (Wildman–Crippen MR) is 105 cm³/mol. The van der Waals surface area contributed by atoms with E-state index in [1.165, 1.54) is 0 Å². The number of rotatable bonds is 3. The Labute approximate surface area is 194 Å². The van der Waals surface area contributed by atoms with Crippen LogP contribution in [0.1, 0.15) is 55.8 Å². The normalized spacial score (nSPS) is 12.6. The van der Waals surface area contributed by atoms with Gasteiger partial charge in [0.25, 0.3) is 0 Å². The SMILES string of the molecule is CC([O-])c1ccccc1.CC([O-])c1ccccc1.CC([O-])c1ccccc1.[Y+3]. The second-order valence-electron chi connectivity index (χ2n) is 6.16. The van der Waals surface area contributed by atoms with Crippen LogP contribution in [0.3, 0.4) is 0 Å². The van der Waals surface area contributed by atoms with Crippen molar-refractivity contribution in [1.29, 1.82) is 0 Å². The van der Waals surface area contributed by atoms with Gasteiger partial charge < -0.3 is 15.3 Å². The first kappa shape index (κ1) is 26.6. The monoisotopic (exact) mass is 452 g/mol. The van der Waals surface area contributed by atoms with Crippen LogP contribution in [0.2, 0.25) is 0 Å². The Balaban J connectivity index is 0.000000384.